The molecule has 0 aliphatic heterocycles. The second kappa shape index (κ2) is 7.31. The Kier molecular flexibility index (Phi) is 5.05. The number of phenols is 1. The summed E-state index contributed by atoms with van der Waals surface area (Å²) in [5, 5.41) is 20.3. The molecule has 0 heterocycles. The van der Waals surface area contributed by atoms with Crippen molar-refractivity contribution in [1.82, 2.24) is 0 Å². The summed E-state index contributed by atoms with van der Waals surface area (Å²) in [6, 6.07) is 12.4. The van der Waals surface area contributed by atoms with Crippen molar-refractivity contribution in [1.29, 1.82) is 0 Å². The summed E-state index contributed by atoms with van der Waals surface area (Å²) in [6.45, 7) is 3.44. The number of hydrogen-bond acceptors (Lipinski definition) is 6. The fourth-order valence-corrected chi connectivity index (χ4v) is 3.10. The van der Waals surface area contributed by atoms with Crippen LogP contribution in [0, 0.1) is 5.41 Å². The van der Waals surface area contributed by atoms with Crippen molar-refractivity contribution < 1.29 is 29.3 Å². The third-order valence-corrected chi connectivity index (χ3v) is 4.57. The van der Waals surface area contributed by atoms with Gasteiger partial charge in [-0.3, -0.25) is 9.59 Å². The standard InChI is InChI=1S/C22H20O6/c1-22(2,12-28-21(27)15-9-5-6-10-17(15)23)11-16-18(24)13-7-3-4-8-14(13)19(25)20(16)26/h3-10,23-24H,11-12H2,1-2H3. The number of aliphatic hydroxyl groups excluding tert-OH is 1. The Morgan fingerprint density at radius 3 is 2.21 bits per heavy atom. The van der Waals surface area contributed by atoms with Gasteiger partial charge in [0.15, 0.2) is 0 Å². The van der Waals surface area contributed by atoms with Gasteiger partial charge in [0, 0.05) is 22.1 Å². The van der Waals surface area contributed by atoms with E-state index in [2.05, 4.69) is 0 Å². The summed E-state index contributed by atoms with van der Waals surface area (Å²) in [5.41, 5.74) is -0.182. The topological polar surface area (TPSA) is 101 Å². The third kappa shape index (κ3) is 3.67. The van der Waals surface area contributed by atoms with E-state index in [9.17, 15) is 24.6 Å². The number of para-hydroxylation sites is 1. The summed E-state index contributed by atoms with van der Waals surface area (Å²) in [6.07, 6.45) is 0.0474. The zero-order valence-corrected chi connectivity index (χ0v) is 15.6. The normalized spacial score (nSPS) is 14.1. The summed E-state index contributed by atoms with van der Waals surface area (Å²) < 4.78 is 5.28. The van der Waals surface area contributed by atoms with Gasteiger partial charge in [-0.2, -0.15) is 0 Å². The molecule has 0 fully saturated rings. The molecule has 1 aliphatic rings. The van der Waals surface area contributed by atoms with E-state index in [-0.39, 0.29) is 41.2 Å². The van der Waals surface area contributed by atoms with Crippen LogP contribution in [0.25, 0.3) is 5.76 Å². The number of hydrogen-bond donors (Lipinski definition) is 2. The van der Waals surface area contributed by atoms with Crippen molar-refractivity contribution in [2.45, 2.75) is 20.3 Å². The van der Waals surface area contributed by atoms with Crippen LogP contribution in [0.3, 0.4) is 0 Å². The van der Waals surface area contributed by atoms with E-state index in [1.54, 1.807) is 44.2 Å². The lowest BCUT2D eigenvalue weighted by Gasteiger charge is -2.27. The Bertz CT molecular complexity index is 1000. The van der Waals surface area contributed by atoms with Gasteiger partial charge in [-0.25, -0.2) is 4.79 Å². The Morgan fingerprint density at radius 2 is 1.54 bits per heavy atom. The number of allylic oxidation sites excluding steroid dienone is 1. The minimum atomic E-state index is -0.753. The summed E-state index contributed by atoms with van der Waals surface area (Å²) in [4.78, 5) is 37.0. The summed E-state index contributed by atoms with van der Waals surface area (Å²) >= 11 is 0. The number of esters is 1. The van der Waals surface area contributed by atoms with Gasteiger partial charge >= 0.3 is 5.97 Å². The molecule has 28 heavy (non-hydrogen) atoms. The molecule has 3 rings (SSSR count). The van der Waals surface area contributed by atoms with Crippen molar-refractivity contribution in [3.8, 4) is 5.75 Å². The van der Waals surface area contributed by atoms with Crippen LogP contribution in [-0.2, 0) is 9.53 Å². The van der Waals surface area contributed by atoms with Gasteiger partial charge in [-0.05, 0) is 18.6 Å². The lowest BCUT2D eigenvalue weighted by Crippen LogP contribution is -2.29. The van der Waals surface area contributed by atoms with Crippen LogP contribution in [0.2, 0.25) is 0 Å². The molecule has 0 atom stereocenters. The number of Topliss-reactive ketones (excluding diaryl/α,β-unsaturated/α-hetero) is 2. The van der Waals surface area contributed by atoms with E-state index >= 15 is 0 Å². The number of aliphatic hydroxyl groups is 1. The molecule has 1 aliphatic carbocycles. The molecule has 2 N–H and O–H groups in total. The van der Waals surface area contributed by atoms with Crippen LogP contribution in [0.4, 0.5) is 0 Å². The quantitative estimate of drug-likeness (QED) is 0.606. The van der Waals surface area contributed by atoms with Gasteiger partial charge in [-0.1, -0.05) is 50.2 Å². The average Bonchev–Trinajstić information content (AvgIpc) is 2.68. The largest absolute Gasteiger partial charge is 0.507 e. The number of rotatable bonds is 5. The van der Waals surface area contributed by atoms with E-state index in [1.807, 2.05) is 0 Å². The van der Waals surface area contributed by atoms with Crippen molar-refractivity contribution in [2.75, 3.05) is 6.61 Å². The van der Waals surface area contributed by atoms with Gasteiger partial charge in [0.25, 0.3) is 0 Å². The number of ether oxygens (including phenoxy) is 1. The first kappa shape index (κ1) is 19.4. The monoisotopic (exact) mass is 380 g/mol. The van der Waals surface area contributed by atoms with E-state index < -0.39 is 23.0 Å². The lowest BCUT2D eigenvalue weighted by molar-refractivity contribution is -0.112. The maximum absolute atomic E-state index is 12.5. The fraction of sp³-hybridized carbons (Fsp3) is 0.227. The minimum Gasteiger partial charge on any atom is -0.507 e. The summed E-state index contributed by atoms with van der Waals surface area (Å²) in [5.74, 6) is -2.52. The van der Waals surface area contributed by atoms with Crippen LogP contribution in [0.1, 0.15) is 46.5 Å². The minimum absolute atomic E-state index is 0.00677. The number of ketones is 2. The molecule has 2 aromatic carbocycles. The summed E-state index contributed by atoms with van der Waals surface area (Å²) in [7, 11) is 0. The first-order valence-electron chi connectivity index (χ1n) is 8.77. The van der Waals surface area contributed by atoms with Crippen LogP contribution >= 0.6 is 0 Å². The maximum atomic E-state index is 12.5. The first-order chi connectivity index (χ1) is 13.2. The zero-order chi connectivity index (χ0) is 20.5. The number of phenolic OH excluding ortho intramolecular Hbond substituents is 1. The molecular formula is C22H20O6. The number of carbonyl (C=O) groups excluding carboxylic acids is 3. The van der Waals surface area contributed by atoms with E-state index in [0.29, 0.717) is 5.56 Å². The van der Waals surface area contributed by atoms with Crippen LogP contribution in [0.15, 0.2) is 54.1 Å². The van der Waals surface area contributed by atoms with Crippen LogP contribution in [-0.4, -0.2) is 34.4 Å². The highest BCUT2D eigenvalue weighted by molar-refractivity contribution is 6.52. The molecule has 144 valence electrons. The van der Waals surface area contributed by atoms with E-state index in [4.69, 9.17) is 4.74 Å². The second-order valence-electron chi connectivity index (χ2n) is 7.47. The Morgan fingerprint density at radius 1 is 0.929 bits per heavy atom. The molecule has 0 spiro atoms. The molecule has 0 amide bonds. The number of carbonyl (C=O) groups is 3. The second-order valence-corrected chi connectivity index (χ2v) is 7.47. The predicted molar refractivity (Wildman–Crippen MR) is 102 cm³/mol. The fourth-order valence-electron chi connectivity index (χ4n) is 3.10. The molecule has 0 unspecified atom stereocenters. The molecule has 0 radical (unpaired) electrons. The Balaban J connectivity index is 1.78. The van der Waals surface area contributed by atoms with Crippen LogP contribution < -0.4 is 0 Å². The highest BCUT2D eigenvalue weighted by Gasteiger charge is 2.36. The molecule has 0 aromatic heterocycles. The molecule has 6 heteroatoms. The molecule has 0 bridgehead atoms. The van der Waals surface area contributed by atoms with Crippen molar-refractivity contribution in [3.63, 3.8) is 0 Å². The Labute approximate surface area is 162 Å². The smallest absolute Gasteiger partial charge is 0.341 e. The zero-order valence-electron chi connectivity index (χ0n) is 15.6. The van der Waals surface area contributed by atoms with Crippen molar-refractivity contribution >= 4 is 23.3 Å². The third-order valence-electron chi connectivity index (χ3n) is 4.57. The van der Waals surface area contributed by atoms with Crippen molar-refractivity contribution in [2.24, 2.45) is 5.41 Å². The van der Waals surface area contributed by atoms with Crippen LogP contribution in [0.5, 0.6) is 5.75 Å². The first-order valence-corrected chi connectivity index (χ1v) is 8.77. The SMILES string of the molecule is CC(C)(COC(=O)c1ccccc1O)CC1=C(O)c2ccccc2C(=O)C1=O. The molecule has 6 nitrogen and oxygen atoms in total. The highest BCUT2D eigenvalue weighted by Crippen LogP contribution is 2.35. The van der Waals surface area contributed by atoms with Gasteiger partial charge in [-0.15, -0.1) is 0 Å². The average molecular weight is 380 g/mol. The van der Waals surface area contributed by atoms with E-state index in [0.717, 1.165) is 0 Å². The van der Waals surface area contributed by atoms with Gasteiger partial charge in [0.05, 0.1) is 6.61 Å². The molecule has 0 saturated heterocycles. The Hall–Kier alpha value is -3.41. The number of benzene rings is 2. The maximum Gasteiger partial charge on any atom is 0.341 e. The molecular weight excluding hydrogens is 360 g/mol. The highest BCUT2D eigenvalue weighted by atomic mass is 16.5. The number of fused-ring (bicyclic) bond motifs is 1. The van der Waals surface area contributed by atoms with Gasteiger partial charge in [0.2, 0.25) is 11.6 Å². The lowest BCUT2D eigenvalue weighted by atomic mass is 9.79. The van der Waals surface area contributed by atoms with Gasteiger partial charge < -0.3 is 14.9 Å². The number of aromatic hydroxyl groups is 1. The molecule has 2 aromatic rings. The van der Waals surface area contributed by atoms with Crippen molar-refractivity contribution in [3.05, 3.63) is 70.8 Å². The predicted octanol–water partition coefficient (Wildman–Crippen LogP) is 3.70. The van der Waals surface area contributed by atoms with Gasteiger partial charge in [0.1, 0.15) is 17.1 Å². The van der Waals surface area contributed by atoms with E-state index in [1.165, 1.54) is 18.2 Å². The molecule has 0 saturated carbocycles.